The summed E-state index contributed by atoms with van der Waals surface area (Å²) in [5.74, 6) is 0.642. The summed E-state index contributed by atoms with van der Waals surface area (Å²) < 4.78 is 0. The number of nitriles is 1. The van der Waals surface area contributed by atoms with Gasteiger partial charge in [-0.15, -0.1) is 0 Å². The van der Waals surface area contributed by atoms with E-state index in [1.165, 1.54) is 0 Å². The molecule has 0 bridgehead atoms. The summed E-state index contributed by atoms with van der Waals surface area (Å²) in [4.78, 5) is 45.0. The predicted octanol–water partition coefficient (Wildman–Crippen LogP) is 8.80. The lowest BCUT2D eigenvalue weighted by Gasteiger charge is -2.65. The first-order chi connectivity index (χ1) is 20.9. The van der Waals surface area contributed by atoms with Gasteiger partial charge < -0.3 is 5.32 Å². The van der Waals surface area contributed by atoms with Crippen LogP contribution < -0.4 is 5.32 Å². The van der Waals surface area contributed by atoms with E-state index in [1.54, 1.807) is 6.20 Å². The number of allylic oxidation sites excluding steroid dienone is 4. The molecule has 1 aromatic rings. The van der Waals surface area contributed by atoms with Crippen molar-refractivity contribution in [1.29, 1.82) is 5.26 Å². The van der Waals surface area contributed by atoms with E-state index >= 15 is 0 Å². The fraction of sp³-hybridized carbons (Fsp3) is 0.667. The monoisotopic (exact) mass is 611 g/mol. The number of pyridine rings is 1. The van der Waals surface area contributed by atoms with Crippen LogP contribution in [0.1, 0.15) is 120 Å². The van der Waals surface area contributed by atoms with E-state index in [1.807, 2.05) is 44.2 Å². The molecule has 1 amide bonds. The van der Waals surface area contributed by atoms with Gasteiger partial charge in [-0.3, -0.25) is 14.4 Å². The molecule has 1 N–H and O–H groups in total. The third kappa shape index (κ3) is 5.63. The highest BCUT2D eigenvalue weighted by Gasteiger charge is 2.65. The molecule has 1 unspecified atom stereocenters. The zero-order valence-corrected chi connectivity index (χ0v) is 28.8. The molecule has 2 fully saturated rings. The molecular weight excluding hydrogens is 558 g/mol. The number of nitrogens with zero attached hydrogens (tertiary/aromatic N) is 2. The van der Waals surface area contributed by atoms with Gasteiger partial charge in [0.05, 0.1) is 5.57 Å². The molecule has 0 spiro atoms. The third-order valence-electron chi connectivity index (χ3n) is 13.4. The molecule has 4 aliphatic rings. The maximum Gasteiger partial charge on any atom is 0.225 e. The molecule has 6 nitrogen and oxygen atoms in total. The van der Waals surface area contributed by atoms with E-state index in [9.17, 15) is 19.6 Å². The Hall–Kier alpha value is -3.07. The van der Waals surface area contributed by atoms with Gasteiger partial charge in [0.15, 0.2) is 11.6 Å². The lowest BCUT2D eigenvalue weighted by atomic mass is 9.38. The van der Waals surface area contributed by atoms with Gasteiger partial charge >= 0.3 is 0 Å². The molecule has 5 rings (SSSR count). The Bertz CT molecular complexity index is 1480. The van der Waals surface area contributed by atoms with Crippen molar-refractivity contribution in [2.75, 3.05) is 5.32 Å². The number of Topliss-reactive ketones (excluding diaryl/α,β-unsaturated/α-hetero) is 1. The summed E-state index contributed by atoms with van der Waals surface area (Å²) in [5.41, 5.74) is -0.387. The molecule has 0 aromatic carbocycles. The molecule has 0 saturated heterocycles. The molecule has 0 aliphatic heterocycles. The Morgan fingerprint density at radius 1 is 0.956 bits per heavy atom. The minimum absolute atomic E-state index is 0.0128. The van der Waals surface area contributed by atoms with Crippen molar-refractivity contribution >= 4 is 23.3 Å². The molecule has 242 valence electrons. The molecule has 0 radical (unpaired) electrons. The standard InChI is InChI=1S/C39H53N3O3/c1-34(2)15-12-27-28(43)23-30-37(6)24-26(25-40)33(45)35(3,4)29(37)13-17-39(30,8)38(27,7)21-20-36(5,19-18-34)16-14-32(44)42-31-11-9-10-22-41-31/h9-11,22-24,27,29H,12-21H2,1-8H3,(H,41,42,44)/t27?,29-,36-,37-,38+,39+/m0/s1. The van der Waals surface area contributed by atoms with Crippen LogP contribution in [0.4, 0.5) is 5.82 Å². The van der Waals surface area contributed by atoms with Crippen LogP contribution in [0.2, 0.25) is 0 Å². The molecule has 1 aromatic heterocycles. The summed E-state index contributed by atoms with van der Waals surface area (Å²) in [6.07, 6.45) is 14.3. The quantitative estimate of drug-likeness (QED) is 0.367. The van der Waals surface area contributed by atoms with Crippen molar-refractivity contribution in [3.63, 3.8) is 0 Å². The fourth-order valence-electron chi connectivity index (χ4n) is 9.95. The Morgan fingerprint density at radius 3 is 2.33 bits per heavy atom. The van der Waals surface area contributed by atoms with Crippen LogP contribution in [-0.2, 0) is 14.4 Å². The fourth-order valence-corrected chi connectivity index (χ4v) is 9.95. The number of amides is 1. The topological polar surface area (TPSA) is 99.9 Å². The normalized spacial score (nSPS) is 37.5. The highest BCUT2D eigenvalue weighted by Crippen LogP contribution is 2.70. The van der Waals surface area contributed by atoms with E-state index in [2.05, 4.69) is 57.9 Å². The number of anilines is 1. The van der Waals surface area contributed by atoms with Crippen molar-refractivity contribution < 1.29 is 14.4 Å². The summed E-state index contributed by atoms with van der Waals surface area (Å²) in [5, 5.41) is 13.0. The second kappa shape index (κ2) is 11.3. The molecule has 4 aliphatic carbocycles. The SMILES string of the molecule is CC1(C)CCC2C(=O)C=C3[C@@]4(C)C=C(C#N)C(=O)C(C)(C)[C@@H]4CC[C@@]3(C)[C@]2(C)CC[C@@](C)(CCC(=O)Nc2ccccn2)CC1. The van der Waals surface area contributed by atoms with E-state index in [-0.39, 0.29) is 56.5 Å². The lowest BCUT2D eigenvalue weighted by Crippen LogP contribution is -2.60. The van der Waals surface area contributed by atoms with Gasteiger partial charge in [-0.25, -0.2) is 4.98 Å². The highest BCUT2D eigenvalue weighted by molar-refractivity contribution is 6.04. The minimum Gasteiger partial charge on any atom is -0.311 e. The number of ketones is 2. The molecule has 6 heteroatoms. The Balaban J connectivity index is 1.51. The number of carbonyl (C=O) groups excluding carboxylic acids is 3. The van der Waals surface area contributed by atoms with Crippen LogP contribution in [0.15, 0.2) is 47.7 Å². The number of hydrogen-bond acceptors (Lipinski definition) is 5. The first-order valence-corrected chi connectivity index (χ1v) is 17.1. The van der Waals surface area contributed by atoms with Crippen molar-refractivity contribution in [2.45, 2.75) is 120 Å². The van der Waals surface area contributed by atoms with Gasteiger partial charge in [-0.2, -0.15) is 5.26 Å². The minimum atomic E-state index is -0.674. The summed E-state index contributed by atoms with van der Waals surface area (Å²) in [6, 6.07) is 7.73. The average molecular weight is 612 g/mol. The third-order valence-corrected chi connectivity index (χ3v) is 13.4. The number of hydrogen-bond donors (Lipinski definition) is 1. The second-order valence-electron chi connectivity index (χ2n) is 17.1. The van der Waals surface area contributed by atoms with Crippen LogP contribution >= 0.6 is 0 Å². The van der Waals surface area contributed by atoms with Gasteiger partial charge in [0.1, 0.15) is 11.9 Å². The van der Waals surface area contributed by atoms with Gasteiger partial charge in [0, 0.05) is 29.4 Å². The molecule has 45 heavy (non-hydrogen) atoms. The van der Waals surface area contributed by atoms with Crippen molar-refractivity contribution in [1.82, 2.24) is 4.98 Å². The van der Waals surface area contributed by atoms with E-state index in [0.717, 1.165) is 63.4 Å². The summed E-state index contributed by atoms with van der Waals surface area (Å²) in [6.45, 7) is 17.9. The Kier molecular flexibility index (Phi) is 8.38. The zero-order chi connectivity index (χ0) is 33.1. The lowest BCUT2D eigenvalue weighted by molar-refractivity contribution is -0.139. The van der Waals surface area contributed by atoms with Crippen LogP contribution in [-0.4, -0.2) is 22.5 Å². The Morgan fingerprint density at radius 2 is 1.67 bits per heavy atom. The molecule has 6 atom stereocenters. The number of aromatic nitrogens is 1. The second-order valence-corrected chi connectivity index (χ2v) is 17.1. The number of nitrogens with one attached hydrogen (secondary N) is 1. The smallest absolute Gasteiger partial charge is 0.225 e. The number of carbonyl (C=O) groups is 3. The predicted molar refractivity (Wildman–Crippen MR) is 178 cm³/mol. The summed E-state index contributed by atoms with van der Waals surface area (Å²) in [7, 11) is 0. The van der Waals surface area contributed by atoms with Crippen molar-refractivity contribution in [3.8, 4) is 6.07 Å². The first kappa shape index (κ1) is 33.3. The maximum absolute atomic E-state index is 14.4. The van der Waals surface area contributed by atoms with E-state index < -0.39 is 10.8 Å². The van der Waals surface area contributed by atoms with Gasteiger partial charge in [0.25, 0.3) is 0 Å². The maximum atomic E-state index is 14.4. The molecular formula is C39H53N3O3. The molecule has 2 saturated carbocycles. The highest BCUT2D eigenvalue weighted by atomic mass is 16.1. The van der Waals surface area contributed by atoms with E-state index in [4.69, 9.17) is 0 Å². The number of fused-ring (bicyclic) bond motifs is 5. The summed E-state index contributed by atoms with van der Waals surface area (Å²) >= 11 is 0. The molecule has 1 heterocycles. The van der Waals surface area contributed by atoms with Gasteiger partial charge in [0.2, 0.25) is 5.91 Å². The van der Waals surface area contributed by atoms with Gasteiger partial charge in [-0.05, 0) is 104 Å². The van der Waals surface area contributed by atoms with Crippen LogP contribution in [0.3, 0.4) is 0 Å². The zero-order valence-electron chi connectivity index (χ0n) is 28.8. The Labute approximate surface area is 270 Å². The van der Waals surface area contributed by atoms with E-state index in [0.29, 0.717) is 12.2 Å². The van der Waals surface area contributed by atoms with Crippen LogP contribution in [0.25, 0.3) is 0 Å². The van der Waals surface area contributed by atoms with Crippen molar-refractivity contribution in [2.24, 2.45) is 44.3 Å². The van der Waals surface area contributed by atoms with Crippen LogP contribution in [0.5, 0.6) is 0 Å². The number of rotatable bonds is 4. The van der Waals surface area contributed by atoms with Crippen molar-refractivity contribution in [3.05, 3.63) is 47.7 Å². The largest absolute Gasteiger partial charge is 0.311 e. The first-order valence-electron chi connectivity index (χ1n) is 17.1. The average Bonchev–Trinajstić information content (AvgIpc) is 2.98. The van der Waals surface area contributed by atoms with Crippen LogP contribution in [0, 0.1) is 55.7 Å². The van der Waals surface area contributed by atoms with Gasteiger partial charge in [-0.1, -0.05) is 73.1 Å².